The Balaban J connectivity index is 2.03. The largest absolute Gasteiger partial charge is 0.310 e. The summed E-state index contributed by atoms with van der Waals surface area (Å²) in [6.07, 6.45) is 3.60. The van der Waals surface area contributed by atoms with Crippen molar-refractivity contribution in [3.8, 4) is 0 Å². The lowest BCUT2D eigenvalue weighted by molar-refractivity contribution is 0.585. The zero-order valence-corrected chi connectivity index (χ0v) is 13.0. The minimum Gasteiger partial charge on any atom is -0.310 e. The minimum absolute atomic E-state index is 0.220. The molecule has 1 aromatic carbocycles. The maximum Gasteiger partial charge on any atom is 0.235 e. The lowest BCUT2D eigenvalue weighted by Gasteiger charge is -2.15. The van der Waals surface area contributed by atoms with E-state index in [1.54, 1.807) is 0 Å². The molecule has 0 aliphatic heterocycles. The monoisotopic (exact) mass is 296 g/mol. The fourth-order valence-electron chi connectivity index (χ4n) is 2.71. The molecule has 0 amide bonds. The quantitative estimate of drug-likeness (QED) is 0.848. The summed E-state index contributed by atoms with van der Waals surface area (Å²) >= 11 is 0. The standard InChI is InChI=1S/C15H24N2O2S/c1-3-16-12(2)13-8-10-14(11-9-13)17-20(18,19)15-6-4-5-7-15/h8-12,15-17H,3-7H2,1-2H3. The predicted octanol–water partition coefficient (Wildman–Crippen LogP) is 3.04. The predicted molar refractivity (Wildman–Crippen MR) is 83.3 cm³/mol. The van der Waals surface area contributed by atoms with Gasteiger partial charge in [0.1, 0.15) is 0 Å². The molecule has 0 heterocycles. The first kappa shape index (κ1) is 15.3. The zero-order chi connectivity index (χ0) is 14.6. The average Bonchev–Trinajstić information content (AvgIpc) is 2.94. The maximum absolute atomic E-state index is 12.2. The van der Waals surface area contributed by atoms with Gasteiger partial charge in [0.15, 0.2) is 0 Å². The van der Waals surface area contributed by atoms with E-state index in [1.807, 2.05) is 24.3 Å². The summed E-state index contributed by atoms with van der Waals surface area (Å²) in [4.78, 5) is 0. The molecule has 1 aromatic rings. The molecule has 0 spiro atoms. The molecule has 20 heavy (non-hydrogen) atoms. The highest BCUT2D eigenvalue weighted by Crippen LogP contribution is 2.26. The normalized spacial score (nSPS) is 18.1. The van der Waals surface area contributed by atoms with Gasteiger partial charge in [-0.1, -0.05) is 31.9 Å². The fourth-order valence-corrected chi connectivity index (χ4v) is 4.30. The van der Waals surface area contributed by atoms with Crippen LogP contribution in [0.5, 0.6) is 0 Å². The Kier molecular flexibility index (Phi) is 5.05. The van der Waals surface area contributed by atoms with Crippen molar-refractivity contribution in [3.63, 3.8) is 0 Å². The van der Waals surface area contributed by atoms with Crippen molar-refractivity contribution in [2.75, 3.05) is 11.3 Å². The van der Waals surface area contributed by atoms with Gasteiger partial charge >= 0.3 is 0 Å². The van der Waals surface area contributed by atoms with Crippen molar-refractivity contribution >= 4 is 15.7 Å². The third-order valence-corrected chi connectivity index (χ3v) is 5.79. The minimum atomic E-state index is -3.22. The van der Waals surface area contributed by atoms with Crippen LogP contribution < -0.4 is 10.0 Å². The summed E-state index contributed by atoms with van der Waals surface area (Å²) in [5.74, 6) is 0. The van der Waals surface area contributed by atoms with E-state index >= 15 is 0 Å². The molecule has 0 bridgehead atoms. The first-order chi connectivity index (χ1) is 9.53. The van der Waals surface area contributed by atoms with Crippen LogP contribution in [-0.2, 0) is 10.0 Å². The van der Waals surface area contributed by atoms with Crippen LogP contribution in [0.15, 0.2) is 24.3 Å². The summed E-state index contributed by atoms with van der Waals surface area (Å²) in [5, 5.41) is 3.12. The molecule has 2 rings (SSSR count). The van der Waals surface area contributed by atoms with Crippen LogP contribution in [0.1, 0.15) is 51.1 Å². The van der Waals surface area contributed by atoms with Gasteiger partial charge in [-0.3, -0.25) is 4.72 Å². The van der Waals surface area contributed by atoms with E-state index in [9.17, 15) is 8.42 Å². The first-order valence-electron chi connectivity index (χ1n) is 7.38. The van der Waals surface area contributed by atoms with Gasteiger partial charge in [0, 0.05) is 11.7 Å². The highest BCUT2D eigenvalue weighted by Gasteiger charge is 2.28. The van der Waals surface area contributed by atoms with Crippen LogP contribution in [0, 0.1) is 0 Å². The van der Waals surface area contributed by atoms with E-state index in [4.69, 9.17) is 0 Å². The van der Waals surface area contributed by atoms with E-state index in [1.165, 1.54) is 0 Å². The highest BCUT2D eigenvalue weighted by atomic mass is 32.2. The molecular formula is C15H24N2O2S. The Morgan fingerprint density at radius 3 is 2.35 bits per heavy atom. The zero-order valence-electron chi connectivity index (χ0n) is 12.2. The number of nitrogens with one attached hydrogen (secondary N) is 2. The molecule has 0 radical (unpaired) electrons. The van der Waals surface area contributed by atoms with E-state index in [2.05, 4.69) is 23.9 Å². The Labute approximate surface area is 122 Å². The molecule has 1 saturated carbocycles. The van der Waals surface area contributed by atoms with Crippen LogP contribution in [-0.4, -0.2) is 20.2 Å². The first-order valence-corrected chi connectivity index (χ1v) is 8.92. The second-order valence-corrected chi connectivity index (χ2v) is 7.42. The Morgan fingerprint density at radius 1 is 1.20 bits per heavy atom. The fraction of sp³-hybridized carbons (Fsp3) is 0.600. The van der Waals surface area contributed by atoms with E-state index < -0.39 is 10.0 Å². The lowest BCUT2D eigenvalue weighted by Crippen LogP contribution is -2.25. The number of hydrogen-bond acceptors (Lipinski definition) is 3. The van der Waals surface area contributed by atoms with Crippen molar-refractivity contribution < 1.29 is 8.42 Å². The Bertz CT molecular complexity index is 519. The molecule has 112 valence electrons. The van der Waals surface area contributed by atoms with Crippen molar-refractivity contribution in [2.24, 2.45) is 0 Å². The molecule has 1 aliphatic rings. The van der Waals surface area contributed by atoms with Crippen molar-refractivity contribution in [1.82, 2.24) is 5.32 Å². The van der Waals surface area contributed by atoms with E-state index in [-0.39, 0.29) is 11.3 Å². The topological polar surface area (TPSA) is 58.2 Å². The van der Waals surface area contributed by atoms with Crippen LogP contribution in [0.3, 0.4) is 0 Å². The number of hydrogen-bond donors (Lipinski definition) is 2. The number of sulfonamides is 1. The van der Waals surface area contributed by atoms with Crippen LogP contribution in [0.2, 0.25) is 0 Å². The molecule has 1 aliphatic carbocycles. The number of rotatable bonds is 6. The summed E-state index contributed by atoms with van der Waals surface area (Å²) in [7, 11) is -3.22. The molecule has 1 unspecified atom stereocenters. The summed E-state index contributed by atoms with van der Waals surface area (Å²) in [5.41, 5.74) is 1.82. The lowest BCUT2D eigenvalue weighted by atomic mass is 10.1. The van der Waals surface area contributed by atoms with E-state index in [0.29, 0.717) is 5.69 Å². The average molecular weight is 296 g/mol. The molecule has 1 fully saturated rings. The second-order valence-electron chi connectivity index (χ2n) is 5.45. The highest BCUT2D eigenvalue weighted by molar-refractivity contribution is 7.93. The molecule has 2 N–H and O–H groups in total. The van der Waals surface area contributed by atoms with Crippen LogP contribution in [0.4, 0.5) is 5.69 Å². The molecule has 0 saturated heterocycles. The van der Waals surface area contributed by atoms with Gasteiger partial charge in [-0.25, -0.2) is 8.42 Å². The summed E-state index contributed by atoms with van der Waals surface area (Å²) in [6, 6.07) is 7.91. The van der Waals surface area contributed by atoms with Gasteiger partial charge in [0.2, 0.25) is 10.0 Å². The molecule has 4 nitrogen and oxygen atoms in total. The third kappa shape index (κ3) is 3.73. The molecule has 5 heteroatoms. The van der Waals surface area contributed by atoms with Crippen molar-refractivity contribution in [1.29, 1.82) is 0 Å². The third-order valence-electron chi connectivity index (χ3n) is 3.92. The van der Waals surface area contributed by atoms with Gasteiger partial charge in [0.05, 0.1) is 5.25 Å². The van der Waals surface area contributed by atoms with Gasteiger partial charge in [-0.05, 0) is 44.0 Å². The van der Waals surface area contributed by atoms with Crippen molar-refractivity contribution in [3.05, 3.63) is 29.8 Å². The van der Waals surface area contributed by atoms with E-state index in [0.717, 1.165) is 37.8 Å². The van der Waals surface area contributed by atoms with Gasteiger partial charge < -0.3 is 5.32 Å². The Morgan fingerprint density at radius 2 is 1.80 bits per heavy atom. The van der Waals surface area contributed by atoms with Gasteiger partial charge in [0.25, 0.3) is 0 Å². The van der Waals surface area contributed by atoms with Crippen molar-refractivity contribution in [2.45, 2.75) is 50.8 Å². The Hall–Kier alpha value is -1.07. The number of benzene rings is 1. The van der Waals surface area contributed by atoms with Gasteiger partial charge in [-0.2, -0.15) is 0 Å². The second kappa shape index (κ2) is 6.59. The van der Waals surface area contributed by atoms with Crippen LogP contribution >= 0.6 is 0 Å². The summed E-state index contributed by atoms with van der Waals surface area (Å²) < 4.78 is 27.1. The molecule has 0 aromatic heterocycles. The molecule has 1 atom stereocenters. The van der Waals surface area contributed by atoms with Gasteiger partial charge in [-0.15, -0.1) is 0 Å². The van der Waals surface area contributed by atoms with Crippen LogP contribution in [0.25, 0.3) is 0 Å². The maximum atomic E-state index is 12.2. The SMILES string of the molecule is CCNC(C)c1ccc(NS(=O)(=O)C2CCCC2)cc1. The summed E-state index contributed by atoms with van der Waals surface area (Å²) in [6.45, 7) is 5.08. The molecular weight excluding hydrogens is 272 g/mol. The number of anilines is 1. The smallest absolute Gasteiger partial charge is 0.235 e.